The molecule has 0 bridgehead atoms. The van der Waals surface area contributed by atoms with Crippen LogP contribution in [0.5, 0.6) is 0 Å². The molecule has 0 saturated heterocycles. The maximum atomic E-state index is 15.2. The van der Waals surface area contributed by atoms with Crippen LogP contribution in [0.15, 0.2) is 16.6 Å². The molecule has 0 aliphatic rings. The third-order valence-electron chi connectivity index (χ3n) is 4.72. The van der Waals surface area contributed by atoms with E-state index < -0.39 is 11.7 Å². The molecule has 27 heavy (non-hydrogen) atoms. The first-order chi connectivity index (χ1) is 12.7. The number of carbonyl (C=O) groups is 1. The van der Waals surface area contributed by atoms with E-state index in [-0.39, 0.29) is 11.5 Å². The van der Waals surface area contributed by atoms with Crippen molar-refractivity contribution in [1.29, 1.82) is 0 Å². The molecule has 1 N–H and O–H groups in total. The maximum absolute atomic E-state index is 15.2. The van der Waals surface area contributed by atoms with Crippen LogP contribution in [0.4, 0.5) is 10.1 Å². The van der Waals surface area contributed by atoms with Crippen molar-refractivity contribution < 1.29 is 9.18 Å². The molecule has 3 nitrogen and oxygen atoms in total. The van der Waals surface area contributed by atoms with Crippen LogP contribution in [0.1, 0.15) is 66.1 Å². The molecule has 0 saturated carbocycles. The predicted molar refractivity (Wildman–Crippen MR) is 113 cm³/mol. The van der Waals surface area contributed by atoms with Crippen LogP contribution in [-0.4, -0.2) is 10.9 Å². The first-order valence-electron chi connectivity index (χ1n) is 9.47. The second-order valence-corrected chi connectivity index (χ2v) is 8.22. The quantitative estimate of drug-likeness (QED) is 0.589. The molecule has 0 radical (unpaired) electrons. The highest BCUT2D eigenvalue weighted by atomic mass is 79.9. The zero-order chi connectivity index (χ0) is 20.3. The molecule has 0 spiro atoms. The maximum Gasteiger partial charge on any atom is 0.260 e. The van der Waals surface area contributed by atoms with Gasteiger partial charge in [-0.1, -0.05) is 43.6 Å². The summed E-state index contributed by atoms with van der Waals surface area (Å²) in [5.74, 6) is -0.600. The van der Waals surface area contributed by atoms with Gasteiger partial charge in [0, 0.05) is 21.4 Å². The highest BCUT2D eigenvalue weighted by molar-refractivity contribution is 9.10. The van der Waals surface area contributed by atoms with Crippen molar-refractivity contribution in [2.45, 2.75) is 60.8 Å². The number of nitrogens with one attached hydrogen (secondary N) is 1. The number of aromatic nitrogens is 1. The van der Waals surface area contributed by atoms with E-state index in [2.05, 4.69) is 26.2 Å². The standard InChI is InChI=1S/C22H28BrFN2O/c1-7-15-10-17(23)11-16(8-2)21(15)26-22(27)19-14(6)25-13(5)18(20(19)24)9-12(3)4/h10-12H,7-9H2,1-6H3,(H,26,27). The van der Waals surface area contributed by atoms with Crippen LogP contribution in [0, 0.1) is 25.6 Å². The number of rotatable bonds is 6. The fraction of sp³-hybridized carbons (Fsp3) is 0.455. The summed E-state index contributed by atoms with van der Waals surface area (Å²) in [5.41, 5.74) is 4.47. The van der Waals surface area contributed by atoms with E-state index in [1.165, 1.54) is 0 Å². The molecule has 0 unspecified atom stereocenters. The lowest BCUT2D eigenvalue weighted by atomic mass is 9.97. The van der Waals surface area contributed by atoms with Crippen molar-refractivity contribution in [1.82, 2.24) is 4.98 Å². The fourth-order valence-corrected chi connectivity index (χ4v) is 3.93. The molecule has 146 valence electrons. The summed E-state index contributed by atoms with van der Waals surface area (Å²) < 4.78 is 16.2. The van der Waals surface area contributed by atoms with E-state index in [9.17, 15) is 4.79 Å². The summed E-state index contributed by atoms with van der Waals surface area (Å²) in [5, 5.41) is 2.97. The van der Waals surface area contributed by atoms with Crippen LogP contribution in [0.25, 0.3) is 0 Å². The zero-order valence-electron chi connectivity index (χ0n) is 17.0. The number of hydrogen-bond donors (Lipinski definition) is 1. The molecule has 1 heterocycles. The Kier molecular flexibility index (Phi) is 7.15. The van der Waals surface area contributed by atoms with Gasteiger partial charge in [-0.05, 0) is 62.3 Å². The van der Waals surface area contributed by atoms with E-state index >= 15 is 4.39 Å². The molecule has 1 amide bonds. The minimum absolute atomic E-state index is 0.0447. The lowest BCUT2D eigenvalue weighted by molar-refractivity contribution is 0.102. The first kappa shape index (κ1) is 21.5. The highest BCUT2D eigenvalue weighted by Crippen LogP contribution is 2.29. The molecular weight excluding hydrogens is 407 g/mol. The SMILES string of the molecule is CCc1cc(Br)cc(CC)c1NC(=O)c1c(C)nc(C)c(CC(C)C)c1F. The Morgan fingerprint density at radius 2 is 1.70 bits per heavy atom. The average molecular weight is 435 g/mol. The van der Waals surface area contributed by atoms with Crippen molar-refractivity contribution >= 4 is 27.5 Å². The van der Waals surface area contributed by atoms with Crippen LogP contribution in [-0.2, 0) is 19.3 Å². The zero-order valence-corrected chi connectivity index (χ0v) is 18.6. The third-order valence-corrected chi connectivity index (χ3v) is 5.18. The Morgan fingerprint density at radius 1 is 1.15 bits per heavy atom. The number of carbonyl (C=O) groups excluding carboxylic acids is 1. The van der Waals surface area contributed by atoms with E-state index in [1.54, 1.807) is 13.8 Å². The van der Waals surface area contributed by atoms with E-state index in [0.717, 1.165) is 34.1 Å². The first-order valence-corrected chi connectivity index (χ1v) is 10.3. The molecule has 0 fully saturated rings. The van der Waals surface area contributed by atoms with Crippen LogP contribution < -0.4 is 5.32 Å². The van der Waals surface area contributed by atoms with Crippen molar-refractivity contribution in [2.75, 3.05) is 5.32 Å². The molecule has 1 aromatic heterocycles. The Hall–Kier alpha value is -1.75. The highest BCUT2D eigenvalue weighted by Gasteiger charge is 2.23. The third kappa shape index (κ3) is 4.75. The topological polar surface area (TPSA) is 42.0 Å². The summed E-state index contributed by atoms with van der Waals surface area (Å²) in [7, 11) is 0. The van der Waals surface area contributed by atoms with Crippen LogP contribution in [0.3, 0.4) is 0 Å². The number of pyridine rings is 1. The van der Waals surface area contributed by atoms with Crippen molar-refractivity contribution in [3.8, 4) is 0 Å². The van der Waals surface area contributed by atoms with Gasteiger partial charge < -0.3 is 5.32 Å². The summed E-state index contributed by atoms with van der Waals surface area (Å²) in [6.07, 6.45) is 2.10. The normalized spacial score (nSPS) is 11.1. The van der Waals surface area contributed by atoms with Gasteiger partial charge in [0.2, 0.25) is 0 Å². The molecule has 2 rings (SSSR count). The van der Waals surface area contributed by atoms with Gasteiger partial charge in [0.05, 0.1) is 11.3 Å². The van der Waals surface area contributed by atoms with Gasteiger partial charge >= 0.3 is 0 Å². The number of amides is 1. The van der Waals surface area contributed by atoms with Crippen molar-refractivity contribution in [3.05, 3.63) is 56.1 Å². The summed E-state index contributed by atoms with van der Waals surface area (Å²) >= 11 is 3.52. The molecule has 0 aliphatic carbocycles. The number of nitrogens with zero attached hydrogens (tertiary/aromatic N) is 1. The number of hydrogen-bond acceptors (Lipinski definition) is 2. The number of halogens is 2. The van der Waals surface area contributed by atoms with Gasteiger partial charge in [-0.25, -0.2) is 4.39 Å². The number of aryl methyl sites for hydroxylation is 4. The summed E-state index contributed by atoms with van der Waals surface area (Å²) in [4.78, 5) is 17.5. The Balaban J connectivity index is 2.51. The molecule has 2 aromatic rings. The average Bonchev–Trinajstić information content (AvgIpc) is 2.59. The Labute approximate surface area is 169 Å². The molecular formula is C22H28BrFN2O. The fourth-order valence-electron chi connectivity index (χ4n) is 3.37. The second-order valence-electron chi connectivity index (χ2n) is 7.31. The predicted octanol–water partition coefficient (Wildman–Crippen LogP) is 6.18. The lowest BCUT2D eigenvalue weighted by Gasteiger charge is -2.18. The lowest BCUT2D eigenvalue weighted by Crippen LogP contribution is -2.20. The molecule has 0 atom stereocenters. The number of anilines is 1. The minimum atomic E-state index is -0.445. The van der Waals surface area contributed by atoms with Gasteiger partial charge in [0.1, 0.15) is 5.82 Å². The van der Waals surface area contributed by atoms with Crippen molar-refractivity contribution in [2.24, 2.45) is 5.92 Å². The van der Waals surface area contributed by atoms with Gasteiger partial charge in [0.25, 0.3) is 5.91 Å². The van der Waals surface area contributed by atoms with Gasteiger partial charge in [-0.2, -0.15) is 0 Å². The van der Waals surface area contributed by atoms with Crippen molar-refractivity contribution in [3.63, 3.8) is 0 Å². The Morgan fingerprint density at radius 3 is 2.19 bits per heavy atom. The smallest absolute Gasteiger partial charge is 0.260 e. The molecule has 5 heteroatoms. The second kappa shape index (κ2) is 8.96. The van der Waals surface area contributed by atoms with E-state index in [4.69, 9.17) is 0 Å². The van der Waals surface area contributed by atoms with Crippen LogP contribution in [0.2, 0.25) is 0 Å². The van der Waals surface area contributed by atoms with E-state index in [0.29, 0.717) is 23.4 Å². The van der Waals surface area contributed by atoms with E-state index in [1.807, 2.05) is 39.8 Å². The largest absolute Gasteiger partial charge is 0.321 e. The van der Waals surface area contributed by atoms with Gasteiger partial charge in [-0.3, -0.25) is 9.78 Å². The van der Waals surface area contributed by atoms with Gasteiger partial charge in [-0.15, -0.1) is 0 Å². The summed E-state index contributed by atoms with van der Waals surface area (Å²) in [6.45, 7) is 11.6. The van der Waals surface area contributed by atoms with Gasteiger partial charge in [0.15, 0.2) is 0 Å². The van der Waals surface area contributed by atoms with Crippen LogP contribution >= 0.6 is 15.9 Å². The number of benzene rings is 1. The molecule has 1 aromatic carbocycles. The monoisotopic (exact) mass is 434 g/mol. The Bertz CT molecular complexity index is 837. The summed E-state index contributed by atoms with van der Waals surface area (Å²) in [6, 6.07) is 3.99. The molecule has 0 aliphatic heterocycles. The minimum Gasteiger partial charge on any atom is -0.321 e.